The molecule has 0 saturated carbocycles. The van der Waals surface area contributed by atoms with Gasteiger partial charge >= 0.3 is 0 Å². The summed E-state index contributed by atoms with van der Waals surface area (Å²) in [6, 6.07) is 8.10. The highest BCUT2D eigenvalue weighted by molar-refractivity contribution is 7.89. The summed E-state index contributed by atoms with van der Waals surface area (Å²) >= 11 is 5.15. The standard InChI is InChI=1S/C19H24N6O3S2/c1-2-25-17(22-23-19(25)29)7-10-21-18(26)14-8-11-24(12-9-14)30(27,28)16-6-4-3-5-15(16)13-20/h3-6,14H,2,7-12H2,1H3,(H,21,26)(H,23,29). The number of hydrogen-bond donors (Lipinski definition) is 2. The molecule has 1 fully saturated rings. The average Bonchev–Trinajstić information content (AvgIpc) is 3.12. The molecule has 1 amide bonds. The molecular weight excluding hydrogens is 424 g/mol. The van der Waals surface area contributed by atoms with Gasteiger partial charge in [0.1, 0.15) is 11.9 Å². The Hall–Kier alpha value is -2.55. The molecule has 2 aromatic rings. The molecule has 1 aliphatic heterocycles. The molecule has 160 valence electrons. The van der Waals surface area contributed by atoms with Crippen molar-refractivity contribution in [2.45, 2.75) is 37.6 Å². The number of H-pyrrole nitrogens is 1. The fourth-order valence-corrected chi connectivity index (χ4v) is 5.48. The van der Waals surface area contributed by atoms with Gasteiger partial charge in [-0.25, -0.2) is 8.42 Å². The lowest BCUT2D eigenvalue weighted by molar-refractivity contribution is -0.126. The first-order valence-corrected chi connectivity index (χ1v) is 11.6. The van der Waals surface area contributed by atoms with Crippen LogP contribution >= 0.6 is 12.2 Å². The normalized spacial score (nSPS) is 15.6. The number of carbonyl (C=O) groups excluding carboxylic acids is 1. The molecule has 11 heteroatoms. The molecule has 0 bridgehead atoms. The van der Waals surface area contributed by atoms with E-state index in [4.69, 9.17) is 12.2 Å². The number of benzene rings is 1. The highest BCUT2D eigenvalue weighted by Gasteiger charge is 2.33. The molecule has 3 rings (SSSR count). The van der Waals surface area contributed by atoms with Crippen molar-refractivity contribution in [2.75, 3.05) is 19.6 Å². The van der Waals surface area contributed by atoms with E-state index < -0.39 is 10.0 Å². The van der Waals surface area contributed by atoms with E-state index in [1.165, 1.54) is 16.4 Å². The fraction of sp³-hybridized carbons (Fsp3) is 0.474. The third-order valence-electron chi connectivity index (χ3n) is 5.25. The van der Waals surface area contributed by atoms with E-state index in [1.807, 2.05) is 17.6 Å². The largest absolute Gasteiger partial charge is 0.355 e. The molecule has 1 saturated heterocycles. The number of amides is 1. The molecule has 0 atom stereocenters. The van der Waals surface area contributed by atoms with Crippen molar-refractivity contribution in [3.05, 3.63) is 40.4 Å². The summed E-state index contributed by atoms with van der Waals surface area (Å²) in [7, 11) is -3.76. The predicted octanol–water partition coefficient (Wildman–Crippen LogP) is 1.59. The van der Waals surface area contributed by atoms with Gasteiger partial charge < -0.3 is 9.88 Å². The first kappa shape index (κ1) is 22.1. The topological polar surface area (TPSA) is 124 Å². The van der Waals surface area contributed by atoms with Gasteiger partial charge in [0.25, 0.3) is 0 Å². The van der Waals surface area contributed by atoms with E-state index in [1.54, 1.807) is 12.1 Å². The van der Waals surface area contributed by atoms with Crippen LogP contribution in [0, 0.1) is 22.0 Å². The van der Waals surface area contributed by atoms with Crippen molar-refractivity contribution in [1.29, 1.82) is 5.26 Å². The van der Waals surface area contributed by atoms with Crippen LogP contribution in [0.1, 0.15) is 31.2 Å². The summed E-state index contributed by atoms with van der Waals surface area (Å²) in [5.74, 6) is 0.469. The Morgan fingerprint density at radius 3 is 2.73 bits per heavy atom. The van der Waals surface area contributed by atoms with Crippen LogP contribution in [0.4, 0.5) is 0 Å². The quantitative estimate of drug-likeness (QED) is 0.620. The van der Waals surface area contributed by atoms with Crippen molar-refractivity contribution < 1.29 is 13.2 Å². The highest BCUT2D eigenvalue weighted by Crippen LogP contribution is 2.25. The van der Waals surface area contributed by atoms with Crippen LogP contribution in [0.2, 0.25) is 0 Å². The van der Waals surface area contributed by atoms with Gasteiger partial charge in [-0.05, 0) is 44.1 Å². The number of nitriles is 1. The first-order chi connectivity index (χ1) is 14.4. The SMILES string of the molecule is CCn1c(CCNC(=O)C2CCN(S(=O)(=O)c3ccccc3C#N)CC2)n[nH]c1=S. The summed E-state index contributed by atoms with van der Waals surface area (Å²) < 4.78 is 29.6. The summed E-state index contributed by atoms with van der Waals surface area (Å²) in [5, 5.41) is 19.0. The molecule has 1 aliphatic rings. The van der Waals surface area contributed by atoms with Gasteiger partial charge in [0.15, 0.2) is 4.77 Å². The van der Waals surface area contributed by atoms with Crippen molar-refractivity contribution in [3.8, 4) is 6.07 Å². The minimum absolute atomic E-state index is 0.0137. The minimum atomic E-state index is -3.76. The lowest BCUT2D eigenvalue weighted by atomic mass is 9.97. The van der Waals surface area contributed by atoms with Crippen LogP contribution in [-0.4, -0.2) is 53.0 Å². The average molecular weight is 449 g/mol. The number of aromatic nitrogens is 3. The summed E-state index contributed by atoms with van der Waals surface area (Å²) in [5.41, 5.74) is 0.127. The van der Waals surface area contributed by atoms with Crippen LogP contribution in [0.15, 0.2) is 29.2 Å². The number of sulfonamides is 1. The highest BCUT2D eigenvalue weighted by atomic mass is 32.2. The summed E-state index contributed by atoms with van der Waals surface area (Å²) in [6.45, 7) is 3.61. The molecule has 0 radical (unpaired) electrons. The zero-order chi connectivity index (χ0) is 21.7. The van der Waals surface area contributed by atoms with E-state index in [-0.39, 0.29) is 35.4 Å². The maximum Gasteiger partial charge on any atom is 0.244 e. The van der Waals surface area contributed by atoms with Crippen molar-refractivity contribution in [1.82, 2.24) is 24.4 Å². The van der Waals surface area contributed by atoms with E-state index in [0.29, 0.717) is 37.1 Å². The second kappa shape index (κ2) is 9.51. The van der Waals surface area contributed by atoms with Gasteiger partial charge in [-0.1, -0.05) is 12.1 Å². The molecule has 1 aromatic carbocycles. The van der Waals surface area contributed by atoms with Gasteiger partial charge in [0.2, 0.25) is 15.9 Å². The summed E-state index contributed by atoms with van der Waals surface area (Å²) in [4.78, 5) is 12.5. The smallest absolute Gasteiger partial charge is 0.244 e. The third-order valence-corrected chi connectivity index (χ3v) is 7.52. The third kappa shape index (κ3) is 4.61. The zero-order valence-electron chi connectivity index (χ0n) is 16.7. The lowest BCUT2D eigenvalue weighted by Crippen LogP contribution is -2.43. The van der Waals surface area contributed by atoms with Crippen LogP contribution in [0.5, 0.6) is 0 Å². The number of carbonyl (C=O) groups is 1. The molecule has 9 nitrogen and oxygen atoms in total. The zero-order valence-corrected chi connectivity index (χ0v) is 18.3. The van der Waals surface area contributed by atoms with Crippen LogP contribution in [-0.2, 0) is 27.8 Å². The van der Waals surface area contributed by atoms with Gasteiger partial charge in [-0.15, -0.1) is 0 Å². The second-order valence-corrected chi connectivity index (χ2v) is 9.31. The van der Waals surface area contributed by atoms with Crippen LogP contribution in [0.25, 0.3) is 0 Å². The minimum Gasteiger partial charge on any atom is -0.355 e. The molecule has 2 heterocycles. The van der Waals surface area contributed by atoms with Crippen molar-refractivity contribution >= 4 is 28.1 Å². The van der Waals surface area contributed by atoms with E-state index in [9.17, 15) is 18.5 Å². The molecule has 30 heavy (non-hydrogen) atoms. The number of nitrogens with one attached hydrogen (secondary N) is 2. The molecule has 0 unspecified atom stereocenters. The molecule has 0 spiro atoms. The second-order valence-electron chi connectivity index (χ2n) is 7.02. The maximum atomic E-state index is 12.9. The lowest BCUT2D eigenvalue weighted by Gasteiger charge is -2.30. The molecule has 0 aliphatic carbocycles. The Bertz CT molecular complexity index is 1110. The van der Waals surface area contributed by atoms with E-state index in [0.717, 1.165) is 5.82 Å². The van der Waals surface area contributed by atoms with Gasteiger partial charge in [-0.2, -0.15) is 14.7 Å². The number of nitrogens with zero attached hydrogens (tertiary/aromatic N) is 4. The first-order valence-electron chi connectivity index (χ1n) is 9.79. The number of aromatic amines is 1. The predicted molar refractivity (Wildman–Crippen MR) is 112 cm³/mol. The monoisotopic (exact) mass is 448 g/mol. The molecule has 2 N–H and O–H groups in total. The van der Waals surface area contributed by atoms with Gasteiger partial charge in [0, 0.05) is 38.5 Å². The molecule has 1 aromatic heterocycles. The van der Waals surface area contributed by atoms with Gasteiger partial charge in [-0.3, -0.25) is 9.89 Å². The Balaban J connectivity index is 1.54. The van der Waals surface area contributed by atoms with Gasteiger partial charge in [0.05, 0.1) is 10.5 Å². The Morgan fingerprint density at radius 2 is 2.07 bits per heavy atom. The van der Waals surface area contributed by atoms with E-state index >= 15 is 0 Å². The number of hydrogen-bond acceptors (Lipinski definition) is 6. The number of piperidine rings is 1. The van der Waals surface area contributed by atoms with Crippen LogP contribution in [0.3, 0.4) is 0 Å². The van der Waals surface area contributed by atoms with Crippen molar-refractivity contribution in [3.63, 3.8) is 0 Å². The maximum absolute atomic E-state index is 12.9. The van der Waals surface area contributed by atoms with Crippen molar-refractivity contribution in [2.24, 2.45) is 5.92 Å². The fourth-order valence-electron chi connectivity index (χ4n) is 3.59. The van der Waals surface area contributed by atoms with E-state index in [2.05, 4.69) is 15.5 Å². The molecular formula is C19H24N6O3S2. The Kier molecular flexibility index (Phi) is 7.02. The van der Waals surface area contributed by atoms with Crippen LogP contribution < -0.4 is 5.32 Å². The Labute approximate surface area is 180 Å². The Morgan fingerprint density at radius 1 is 1.37 bits per heavy atom. The summed E-state index contributed by atoms with van der Waals surface area (Å²) in [6.07, 6.45) is 1.44. The number of rotatable bonds is 7.